The number of hydrogen-bond donors (Lipinski definition) is 2. The number of methoxy groups -OCH3 is 1. The second-order valence-corrected chi connectivity index (χ2v) is 3.81. The smallest absolute Gasteiger partial charge is 0.127 e. The zero-order valence-corrected chi connectivity index (χ0v) is 10.2. The monoisotopic (exact) mass is 244 g/mol. The normalized spacial score (nSPS) is 10.1. The molecule has 94 valence electrons. The van der Waals surface area contributed by atoms with Crippen molar-refractivity contribution in [3.63, 3.8) is 0 Å². The summed E-state index contributed by atoms with van der Waals surface area (Å²) >= 11 is 0. The van der Waals surface area contributed by atoms with E-state index < -0.39 is 0 Å². The van der Waals surface area contributed by atoms with Gasteiger partial charge in [-0.2, -0.15) is 0 Å². The Morgan fingerprint density at radius 3 is 2.39 bits per heavy atom. The zero-order valence-electron chi connectivity index (χ0n) is 10.2. The highest BCUT2D eigenvalue weighted by molar-refractivity contribution is 5.36. The van der Waals surface area contributed by atoms with Crippen molar-refractivity contribution in [2.45, 2.75) is 6.54 Å². The molecule has 4 nitrogen and oxygen atoms in total. The highest BCUT2D eigenvalue weighted by atomic mass is 16.5. The molecule has 2 rings (SSSR count). The van der Waals surface area contributed by atoms with Crippen LogP contribution in [0.15, 0.2) is 48.5 Å². The van der Waals surface area contributed by atoms with E-state index in [9.17, 15) is 0 Å². The van der Waals surface area contributed by atoms with E-state index in [0.29, 0.717) is 6.54 Å². The van der Waals surface area contributed by atoms with Crippen molar-refractivity contribution < 1.29 is 9.47 Å². The summed E-state index contributed by atoms with van der Waals surface area (Å²) in [5.41, 5.74) is 3.69. The SMILES string of the molecule is COc1ccc(Oc2cccc(CNN)c2)cc1. The van der Waals surface area contributed by atoms with E-state index in [1.54, 1.807) is 7.11 Å². The summed E-state index contributed by atoms with van der Waals surface area (Å²) in [4.78, 5) is 0. The van der Waals surface area contributed by atoms with Gasteiger partial charge < -0.3 is 9.47 Å². The van der Waals surface area contributed by atoms with Crippen LogP contribution in [-0.2, 0) is 6.54 Å². The predicted octanol–water partition coefficient (Wildman–Crippen LogP) is 2.45. The number of ether oxygens (including phenoxy) is 2. The Morgan fingerprint density at radius 2 is 1.72 bits per heavy atom. The molecule has 0 aliphatic carbocycles. The zero-order chi connectivity index (χ0) is 12.8. The molecule has 0 amide bonds. The Kier molecular flexibility index (Phi) is 4.17. The molecule has 0 aliphatic rings. The van der Waals surface area contributed by atoms with Gasteiger partial charge in [-0.1, -0.05) is 12.1 Å². The van der Waals surface area contributed by atoms with Gasteiger partial charge in [-0.25, -0.2) is 0 Å². The van der Waals surface area contributed by atoms with Crippen molar-refractivity contribution in [1.82, 2.24) is 5.43 Å². The van der Waals surface area contributed by atoms with Gasteiger partial charge in [-0.3, -0.25) is 11.3 Å². The van der Waals surface area contributed by atoms with Crippen molar-refractivity contribution in [2.75, 3.05) is 7.11 Å². The third-order valence-electron chi connectivity index (χ3n) is 2.50. The van der Waals surface area contributed by atoms with Crippen LogP contribution in [-0.4, -0.2) is 7.11 Å². The summed E-state index contributed by atoms with van der Waals surface area (Å²) in [6.45, 7) is 0.611. The van der Waals surface area contributed by atoms with Crippen molar-refractivity contribution in [2.24, 2.45) is 5.84 Å². The Labute approximate surface area is 106 Å². The molecule has 3 N–H and O–H groups in total. The largest absolute Gasteiger partial charge is 0.497 e. The van der Waals surface area contributed by atoms with Gasteiger partial charge in [0.15, 0.2) is 0 Å². The molecular weight excluding hydrogens is 228 g/mol. The summed E-state index contributed by atoms with van der Waals surface area (Å²) in [6.07, 6.45) is 0. The fraction of sp³-hybridized carbons (Fsp3) is 0.143. The molecule has 0 spiro atoms. The molecule has 0 fully saturated rings. The molecule has 2 aromatic rings. The third kappa shape index (κ3) is 3.23. The first-order valence-corrected chi connectivity index (χ1v) is 5.66. The molecule has 0 unspecified atom stereocenters. The van der Waals surface area contributed by atoms with E-state index in [-0.39, 0.29) is 0 Å². The molecule has 18 heavy (non-hydrogen) atoms. The Hall–Kier alpha value is -2.04. The number of hydrogen-bond acceptors (Lipinski definition) is 4. The molecule has 0 radical (unpaired) electrons. The van der Waals surface area contributed by atoms with Gasteiger partial charge in [-0.05, 0) is 42.0 Å². The summed E-state index contributed by atoms with van der Waals surface area (Å²) in [6, 6.07) is 15.2. The molecule has 0 heterocycles. The number of nitrogens with one attached hydrogen (secondary N) is 1. The lowest BCUT2D eigenvalue weighted by molar-refractivity contribution is 0.413. The van der Waals surface area contributed by atoms with Crippen LogP contribution in [0.2, 0.25) is 0 Å². The Balaban J connectivity index is 2.09. The van der Waals surface area contributed by atoms with Crippen LogP contribution < -0.4 is 20.7 Å². The first-order valence-electron chi connectivity index (χ1n) is 5.66. The van der Waals surface area contributed by atoms with E-state index >= 15 is 0 Å². The summed E-state index contributed by atoms with van der Waals surface area (Å²) in [7, 11) is 1.64. The van der Waals surface area contributed by atoms with Crippen LogP contribution in [0.1, 0.15) is 5.56 Å². The minimum Gasteiger partial charge on any atom is -0.497 e. The second kappa shape index (κ2) is 6.05. The summed E-state index contributed by atoms with van der Waals surface area (Å²) < 4.78 is 10.8. The van der Waals surface area contributed by atoms with Crippen LogP contribution in [0.5, 0.6) is 17.2 Å². The maximum Gasteiger partial charge on any atom is 0.127 e. The maximum absolute atomic E-state index is 5.74. The highest BCUT2D eigenvalue weighted by Gasteiger charge is 1.99. The lowest BCUT2D eigenvalue weighted by atomic mass is 10.2. The minimum absolute atomic E-state index is 0.611. The van der Waals surface area contributed by atoms with Gasteiger partial charge in [0.05, 0.1) is 7.11 Å². The standard InChI is InChI=1S/C14H16N2O2/c1-17-12-5-7-13(8-6-12)18-14-4-2-3-11(9-14)10-16-15/h2-9,16H,10,15H2,1H3. The van der Waals surface area contributed by atoms with Crippen molar-refractivity contribution >= 4 is 0 Å². The van der Waals surface area contributed by atoms with E-state index in [1.807, 2.05) is 48.5 Å². The van der Waals surface area contributed by atoms with Gasteiger partial charge in [0.25, 0.3) is 0 Å². The number of benzene rings is 2. The first-order chi connectivity index (χ1) is 8.81. The fourth-order valence-electron chi connectivity index (χ4n) is 1.62. The van der Waals surface area contributed by atoms with E-state index in [0.717, 1.165) is 22.8 Å². The molecule has 0 aliphatic heterocycles. The van der Waals surface area contributed by atoms with Crippen LogP contribution in [0.3, 0.4) is 0 Å². The number of hydrazine groups is 1. The van der Waals surface area contributed by atoms with Crippen LogP contribution >= 0.6 is 0 Å². The minimum atomic E-state index is 0.611. The summed E-state index contributed by atoms with van der Waals surface area (Å²) in [5, 5.41) is 0. The molecule has 4 heteroatoms. The van der Waals surface area contributed by atoms with Crippen LogP contribution in [0.4, 0.5) is 0 Å². The highest BCUT2D eigenvalue weighted by Crippen LogP contribution is 2.24. The van der Waals surface area contributed by atoms with E-state index in [2.05, 4.69) is 5.43 Å². The average molecular weight is 244 g/mol. The van der Waals surface area contributed by atoms with Gasteiger partial charge in [0.1, 0.15) is 17.2 Å². The van der Waals surface area contributed by atoms with Crippen molar-refractivity contribution in [1.29, 1.82) is 0 Å². The molecule has 0 saturated heterocycles. The Bertz CT molecular complexity index is 497. The molecule has 0 saturated carbocycles. The first kappa shape index (κ1) is 12.4. The van der Waals surface area contributed by atoms with Gasteiger partial charge in [0.2, 0.25) is 0 Å². The molecule has 0 aromatic heterocycles. The molecule has 0 bridgehead atoms. The number of nitrogens with two attached hydrogens (primary N) is 1. The van der Waals surface area contributed by atoms with Crippen LogP contribution in [0.25, 0.3) is 0 Å². The molecular formula is C14H16N2O2. The summed E-state index contributed by atoms with van der Waals surface area (Å²) in [5.74, 6) is 7.66. The van der Waals surface area contributed by atoms with Gasteiger partial charge in [-0.15, -0.1) is 0 Å². The third-order valence-corrected chi connectivity index (χ3v) is 2.50. The van der Waals surface area contributed by atoms with Crippen molar-refractivity contribution in [3.8, 4) is 17.2 Å². The van der Waals surface area contributed by atoms with Gasteiger partial charge in [0, 0.05) is 6.54 Å². The average Bonchev–Trinajstić information content (AvgIpc) is 2.40. The fourth-order valence-corrected chi connectivity index (χ4v) is 1.62. The quantitative estimate of drug-likeness (QED) is 0.626. The van der Waals surface area contributed by atoms with Crippen molar-refractivity contribution in [3.05, 3.63) is 54.1 Å². The lowest BCUT2D eigenvalue weighted by Crippen LogP contribution is -2.20. The Morgan fingerprint density at radius 1 is 1.00 bits per heavy atom. The molecule has 0 atom stereocenters. The predicted molar refractivity (Wildman–Crippen MR) is 70.5 cm³/mol. The van der Waals surface area contributed by atoms with Gasteiger partial charge >= 0.3 is 0 Å². The number of rotatable bonds is 5. The second-order valence-electron chi connectivity index (χ2n) is 3.81. The maximum atomic E-state index is 5.74. The lowest BCUT2D eigenvalue weighted by Gasteiger charge is -2.08. The van der Waals surface area contributed by atoms with E-state index in [1.165, 1.54) is 0 Å². The topological polar surface area (TPSA) is 56.5 Å². The van der Waals surface area contributed by atoms with Crippen LogP contribution in [0, 0.1) is 0 Å². The molecule has 2 aromatic carbocycles. The van der Waals surface area contributed by atoms with E-state index in [4.69, 9.17) is 15.3 Å².